The maximum atomic E-state index is 12.1. The molecule has 1 aliphatic heterocycles. The molecule has 1 N–H and O–H groups in total. The molecule has 2 rings (SSSR count). The number of carbonyl (C=O) groups is 4. The summed E-state index contributed by atoms with van der Waals surface area (Å²) in [6.45, 7) is 5.21. The quantitative estimate of drug-likeness (QED) is 0.618. The molecule has 1 aliphatic rings. The first-order chi connectivity index (χ1) is 11.3. The lowest BCUT2D eigenvalue weighted by atomic mass is 10.1. The maximum Gasteiger partial charge on any atom is 0.334 e. The summed E-state index contributed by atoms with van der Waals surface area (Å²) in [7, 11) is 0. The zero-order chi connectivity index (χ0) is 17.9. The minimum Gasteiger partial charge on any atom is -0.354 e. The number of urea groups is 1. The summed E-state index contributed by atoms with van der Waals surface area (Å²) >= 11 is 0. The van der Waals surface area contributed by atoms with Gasteiger partial charge in [0.2, 0.25) is 5.91 Å². The molecule has 1 fully saturated rings. The van der Waals surface area contributed by atoms with E-state index in [0.717, 1.165) is 16.0 Å². The van der Waals surface area contributed by atoms with Crippen LogP contribution in [0.25, 0.3) is 0 Å². The summed E-state index contributed by atoms with van der Waals surface area (Å²) in [6, 6.07) is 6.67. The van der Waals surface area contributed by atoms with Gasteiger partial charge in [0.1, 0.15) is 6.54 Å². The smallest absolute Gasteiger partial charge is 0.334 e. The first-order valence-electron chi connectivity index (χ1n) is 7.83. The number of benzene rings is 1. The highest BCUT2D eigenvalue weighted by atomic mass is 16.2. The number of rotatable bonds is 6. The SMILES string of the molecule is Cc1ccccc1CCNC(=O)CN1C(=O)C(=O)N(C(C)C)C1=O. The number of nitrogens with one attached hydrogen (secondary N) is 1. The van der Waals surface area contributed by atoms with Gasteiger partial charge < -0.3 is 5.32 Å². The first kappa shape index (κ1) is 17.7. The van der Waals surface area contributed by atoms with E-state index in [2.05, 4.69) is 5.32 Å². The molecule has 0 aromatic heterocycles. The fourth-order valence-electron chi connectivity index (χ4n) is 2.54. The van der Waals surface area contributed by atoms with Crippen LogP contribution in [0.4, 0.5) is 4.79 Å². The molecule has 0 spiro atoms. The van der Waals surface area contributed by atoms with Gasteiger partial charge in [-0.2, -0.15) is 0 Å². The predicted octanol–water partition coefficient (Wildman–Crippen LogP) is 0.853. The standard InChI is InChI=1S/C17H21N3O4/c1-11(2)20-16(23)15(22)19(17(20)24)10-14(21)18-9-8-13-7-5-4-6-12(13)3/h4-7,11H,8-10H2,1-3H3,(H,18,21). The number of amides is 5. The van der Waals surface area contributed by atoms with Gasteiger partial charge in [0.25, 0.3) is 0 Å². The van der Waals surface area contributed by atoms with Crippen LogP contribution in [0.3, 0.4) is 0 Å². The summed E-state index contributed by atoms with van der Waals surface area (Å²) in [4.78, 5) is 49.2. The van der Waals surface area contributed by atoms with E-state index in [1.54, 1.807) is 13.8 Å². The highest BCUT2D eigenvalue weighted by molar-refractivity contribution is 6.45. The Morgan fingerprint density at radius 2 is 1.79 bits per heavy atom. The van der Waals surface area contributed by atoms with Crippen molar-refractivity contribution in [3.05, 3.63) is 35.4 Å². The van der Waals surface area contributed by atoms with Gasteiger partial charge >= 0.3 is 17.8 Å². The average molecular weight is 331 g/mol. The lowest BCUT2D eigenvalue weighted by Gasteiger charge is -2.18. The average Bonchev–Trinajstić information content (AvgIpc) is 2.73. The fourth-order valence-corrected chi connectivity index (χ4v) is 2.54. The van der Waals surface area contributed by atoms with E-state index in [-0.39, 0.29) is 0 Å². The summed E-state index contributed by atoms with van der Waals surface area (Å²) in [6.07, 6.45) is 0.650. The van der Waals surface area contributed by atoms with E-state index in [0.29, 0.717) is 17.9 Å². The number of hydrogen-bond acceptors (Lipinski definition) is 4. The molecule has 1 heterocycles. The van der Waals surface area contributed by atoms with Crippen molar-refractivity contribution in [1.82, 2.24) is 15.1 Å². The second-order valence-electron chi connectivity index (χ2n) is 5.97. The van der Waals surface area contributed by atoms with Gasteiger partial charge in [0.15, 0.2) is 0 Å². The van der Waals surface area contributed by atoms with Crippen LogP contribution in [0.5, 0.6) is 0 Å². The molecular formula is C17H21N3O4. The Bertz CT molecular complexity index is 684. The monoisotopic (exact) mass is 331 g/mol. The number of aryl methyl sites for hydroxylation is 1. The summed E-state index contributed by atoms with van der Waals surface area (Å²) in [5.41, 5.74) is 2.25. The van der Waals surface area contributed by atoms with Crippen LogP contribution < -0.4 is 5.32 Å². The minimum absolute atomic E-state index is 0.391. The molecule has 5 amide bonds. The Morgan fingerprint density at radius 1 is 1.12 bits per heavy atom. The van der Waals surface area contributed by atoms with Crippen molar-refractivity contribution >= 4 is 23.8 Å². The van der Waals surface area contributed by atoms with Gasteiger partial charge in [-0.05, 0) is 38.3 Å². The topological polar surface area (TPSA) is 86.8 Å². The zero-order valence-corrected chi connectivity index (χ0v) is 14.0. The van der Waals surface area contributed by atoms with Crippen molar-refractivity contribution < 1.29 is 19.2 Å². The molecule has 0 aliphatic carbocycles. The van der Waals surface area contributed by atoms with E-state index in [4.69, 9.17) is 0 Å². The Morgan fingerprint density at radius 3 is 2.38 bits per heavy atom. The zero-order valence-electron chi connectivity index (χ0n) is 14.0. The van der Waals surface area contributed by atoms with Crippen LogP contribution in [0, 0.1) is 6.92 Å². The summed E-state index contributed by atoms with van der Waals surface area (Å²) < 4.78 is 0. The van der Waals surface area contributed by atoms with Crippen LogP contribution in [-0.2, 0) is 20.8 Å². The third kappa shape index (κ3) is 3.61. The largest absolute Gasteiger partial charge is 0.354 e. The van der Waals surface area contributed by atoms with Crippen LogP contribution in [0.15, 0.2) is 24.3 Å². The molecule has 1 aromatic rings. The van der Waals surface area contributed by atoms with Gasteiger partial charge in [0.05, 0.1) is 0 Å². The predicted molar refractivity (Wildman–Crippen MR) is 87.0 cm³/mol. The Labute approximate surface area is 140 Å². The molecule has 0 atom stereocenters. The van der Waals surface area contributed by atoms with E-state index in [9.17, 15) is 19.2 Å². The molecule has 128 valence electrons. The van der Waals surface area contributed by atoms with Gasteiger partial charge in [-0.25, -0.2) is 9.69 Å². The molecule has 24 heavy (non-hydrogen) atoms. The lowest BCUT2D eigenvalue weighted by Crippen LogP contribution is -2.42. The van der Waals surface area contributed by atoms with Crippen LogP contribution in [0.1, 0.15) is 25.0 Å². The van der Waals surface area contributed by atoms with E-state index in [1.165, 1.54) is 0 Å². The summed E-state index contributed by atoms with van der Waals surface area (Å²) in [5, 5.41) is 2.67. The van der Waals surface area contributed by atoms with Gasteiger partial charge in [-0.15, -0.1) is 0 Å². The highest BCUT2D eigenvalue weighted by Gasteiger charge is 2.46. The molecule has 0 bridgehead atoms. The molecule has 7 heteroatoms. The number of carbonyl (C=O) groups excluding carboxylic acids is 4. The first-order valence-corrected chi connectivity index (χ1v) is 7.83. The maximum absolute atomic E-state index is 12.1. The van der Waals surface area contributed by atoms with Crippen molar-refractivity contribution in [3.8, 4) is 0 Å². The number of hydrogen-bond donors (Lipinski definition) is 1. The van der Waals surface area contributed by atoms with Crippen LogP contribution in [0.2, 0.25) is 0 Å². The Balaban J connectivity index is 1.88. The van der Waals surface area contributed by atoms with Gasteiger partial charge in [0, 0.05) is 12.6 Å². The Kier molecular flexibility index (Phi) is 5.33. The van der Waals surface area contributed by atoms with Gasteiger partial charge in [-0.1, -0.05) is 24.3 Å². The minimum atomic E-state index is -0.956. The van der Waals surface area contributed by atoms with Crippen molar-refractivity contribution in [3.63, 3.8) is 0 Å². The van der Waals surface area contributed by atoms with E-state index >= 15 is 0 Å². The third-order valence-electron chi connectivity index (χ3n) is 3.88. The van der Waals surface area contributed by atoms with Crippen molar-refractivity contribution in [2.24, 2.45) is 0 Å². The van der Waals surface area contributed by atoms with Gasteiger partial charge in [-0.3, -0.25) is 19.3 Å². The highest BCUT2D eigenvalue weighted by Crippen LogP contribution is 2.14. The van der Waals surface area contributed by atoms with Crippen molar-refractivity contribution in [2.75, 3.05) is 13.1 Å². The van der Waals surface area contributed by atoms with Crippen LogP contribution in [-0.4, -0.2) is 52.7 Å². The van der Waals surface area contributed by atoms with Crippen molar-refractivity contribution in [1.29, 1.82) is 0 Å². The van der Waals surface area contributed by atoms with Crippen LogP contribution >= 0.6 is 0 Å². The second-order valence-corrected chi connectivity index (χ2v) is 5.97. The third-order valence-corrected chi connectivity index (χ3v) is 3.88. The van der Waals surface area contributed by atoms with Crippen molar-refractivity contribution in [2.45, 2.75) is 33.2 Å². The van der Waals surface area contributed by atoms with E-state index < -0.39 is 36.3 Å². The molecule has 1 aromatic carbocycles. The normalized spacial score (nSPS) is 14.8. The van der Waals surface area contributed by atoms with E-state index in [1.807, 2.05) is 31.2 Å². The number of imide groups is 2. The summed E-state index contributed by atoms with van der Waals surface area (Å²) in [5.74, 6) is -2.31. The lowest BCUT2D eigenvalue weighted by molar-refractivity contribution is -0.144. The molecule has 0 unspecified atom stereocenters. The molecule has 0 radical (unpaired) electrons. The fraction of sp³-hybridized carbons (Fsp3) is 0.412. The molecule has 0 saturated carbocycles. The second kappa shape index (κ2) is 7.25. The molecular weight excluding hydrogens is 310 g/mol. The molecule has 7 nitrogen and oxygen atoms in total. The Hall–Kier alpha value is -2.70. The molecule has 1 saturated heterocycles. The number of nitrogens with zero attached hydrogens (tertiary/aromatic N) is 2.